The second-order valence-electron chi connectivity index (χ2n) is 10.0. The summed E-state index contributed by atoms with van der Waals surface area (Å²) in [5.41, 5.74) is 4.89. The molecule has 0 aliphatic carbocycles. The quantitative estimate of drug-likeness (QED) is 0.240. The van der Waals surface area contributed by atoms with Gasteiger partial charge in [-0.2, -0.15) is 4.39 Å². The molecule has 200 valence electrons. The molecule has 2 N–H and O–H groups in total. The van der Waals surface area contributed by atoms with Crippen molar-refractivity contribution in [2.24, 2.45) is 0 Å². The zero-order valence-electron chi connectivity index (χ0n) is 21.8. The van der Waals surface area contributed by atoms with Crippen LogP contribution < -0.4 is 9.46 Å². The second kappa shape index (κ2) is 11.6. The van der Waals surface area contributed by atoms with Crippen molar-refractivity contribution < 1.29 is 28.0 Å². The van der Waals surface area contributed by atoms with Gasteiger partial charge in [-0.15, -0.1) is 4.72 Å². The maximum atomic E-state index is 14.1. The number of aromatic nitrogens is 1. The molecule has 0 amide bonds. The summed E-state index contributed by atoms with van der Waals surface area (Å²) in [6.45, 7) is 8.13. The van der Waals surface area contributed by atoms with Crippen molar-refractivity contribution in [1.82, 2.24) is 9.71 Å². The van der Waals surface area contributed by atoms with E-state index in [1.165, 1.54) is 6.07 Å². The van der Waals surface area contributed by atoms with E-state index < -0.39 is 28.1 Å². The molecule has 0 saturated heterocycles. The fraction of sp³-hybridized carbons (Fsp3) is 0.310. The minimum atomic E-state index is -1.25. The first-order valence-corrected chi connectivity index (χ1v) is 13.5. The Morgan fingerprint density at radius 2 is 1.95 bits per heavy atom. The number of nitrogens with one attached hydrogen (secondary N) is 1. The molecule has 2 aromatic heterocycles. The van der Waals surface area contributed by atoms with Crippen molar-refractivity contribution in [2.75, 3.05) is 0 Å². The highest BCUT2D eigenvalue weighted by Gasteiger charge is 2.26. The smallest absolute Gasteiger partial charge is 0.307 e. The molecule has 1 atom stereocenters. The Morgan fingerprint density at radius 1 is 1.16 bits per heavy atom. The minimum Gasteiger partial charge on any atom is -0.598 e. The number of carboxylic acid groups (broad SMARTS) is 1. The summed E-state index contributed by atoms with van der Waals surface area (Å²) in [4.78, 5) is 15.7. The molecule has 0 aliphatic heterocycles. The van der Waals surface area contributed by atoms with Gasteiger partial charge in [0.15, 0.2) is 0 Å². The fourth-order valence-electron chi connectivity index (χ4n) is 4.00. The summed E-state index contributed by atoms with van der Waals surface area (Å²) in [6, 6.07) is 13.5. The molecular formula is C29H31FN2O5S. The van der Waals surface area contributed by atoms with Gasteiger partial charge in [0.2, 0.25) is 0 Å². The fourth-order valence-corrected chi connectivity index (χ4v) is 4.72. The lowest BCUT2D eigenvalue weighted by atomic mass is 10.0. The number of hydrogen-bond acceptors (Lipinski definition) is 6. The zero-order valence-corrected chi connectivity index (χ0v) is 22.7. The van der Waals surface area contributed by atoms with Crippen molar-refractivity contribution in [3.05, 3.63) is 83.1 Å². The summed E-state index contributed by atoms with van der Waals surface area (Å²) in [5, 5.41) is 9.87. The van der Waals surface area contributed by atoms with E-state index in [2.05, 4.69) is 9.71 Å². The maximum absolute atomic E-state index is 14.1. The Balaban J connectivity index is 1.64. The van der Waals surface area contributed by atoms with E-state index in [1.807, 2.05) is 52.0 Å². The molecule has 0 aliphatic rings. The molecule has 0 bridgehead atoms. The van der Waals surface area contributed by atoms with Gasteiger partial charge in [0.05, 0.1) is 18.7 Å². The van der Waals surface area contributed by atoms with Gasteiger partial charge >= 0.3 is 5.97 Å². The summed E-state index contributed by atoms with van der Waals surface area (Å²) in [6.07, 6.45) is 2.29. The first-order valence-electron chi connectivity index (χ1n) is 12.3. The Hall–Kier alpha value is -3.40. The number of aliphatic carboxylic acids is 1. The number of pyridine rings is 1. The van der Waals surface area contributed by atoms with E-state index in [0.717, 1.165) is 23.1 Å². The third-order valence-corrected chi connectivity index (χ3v) is 7.51. The molecule has 38 heavy (non-hydrogen) atoms. The first kappa shape index (κ1) is 27.6. The molecular weight excluding hydrogens is 507 g/mol. The number of aryl methyl sites for hydroxylation is 1. The SMILES string of the molecule is CCc1ccc(CC(=O)O)c(OCc2cc(-c3ccnc(CN[S@@+]([O-])C(C)(C)C)c3)c3oc(F)cc3c2)c1. The summed E-state index contributed by atoms with van der Waals surface area (Å²) < 4.78 is 40.6. The molecule has 0 radical (unpaired) electrons. The highest BCUT2D eigenvalue weighted by molar-refractivity contribution is 7.90. The Morgan fingerprint density at radius 3 is 2.66 bits per heavy atom. The number of fused-ring (bicyclic) bond motifs is 1. The van der Waals surface area contributed by atoms with Gasteiger partial charge in [-0.3, -0.25) is 9.78 Å². The Labute approximate surface area is 224 Å². The van der Waals surface area contributed by atoms with Crippen molar-refractivity contribution >= 4 is 28.3 Å². The monoisotopic (exact) mass is 538 g/mol. The number of halogens is 1. The van der Waals surface area contributed by atoms with Gasteiger partial charge < -0.3 is 18.8 Å². The lowest BCUT2D eigenvalue weighted by Gasteiger charge is -2.23. The molecule has 4 rings (SSSR count). The van der Waals surface area contributed by atoms with Crippen LogP contribution in [0.5, 0.6) is 5.75 Å². The van der Waals surface area contributed by atoms with Gasteiger partial charge in [0.25, 0.3) is 6.01 Å². The Bertz CT molecular complexity index is 1450. The van der Waals surface area contributed by atoms with Crippen molar-refractivity contribution in [3.8, 4) is 16.9 Å². The van der Waals surface area contributed by atoms with Gasteiger partial charge in [0.1, 0.15) is 22.7 Å². The molecule has 4 aromatic rings. The van der Waals surface area contributed by atoms with Crippen LogP contribution in [0.4, 0.5) is 4.39 Å². The third kappa shape index (κ3) is 6.72. The second-order valence-corrected chi connectivity index (χ2v) is 12.1. The van der Waals surface area contributed by atoms with Gasteiger partial charge in [-0.1, -0.05) is 19.1 Å². The lowest BCUT2D eigenvalue weighted by Crippen LogP contribution is -2.39. The van der Waals surface area contributed by atoms with E-state index in [0.29, 0.717) is 40.1 Å². The average molecular weight is 539 g/mol. The standard InChI is InChI=1S/C29H31FN2O5S/c1-5-18-6-7-21(15-27(33)34)25(12-18)36-17-19-10-22-14-26(30)37-28(22)24(11-19)20-8-9-31-23(13-20)16-32-38(35)29(2,3)4/h6-14,32H,5,15-17H2,1-4H3,(H,33,34)/t38-/m0/s1. The van der Waals surface area contributed by atoms with E-state index in [4.69, 9.17) is 9.15 Å². The number of hydrogen-bond donors (Lipinski definition) is 2. The largest absolute Gasteiger partial charge is 0.598 e. The van der Waals surface area contributed by atoms with Crippen molar-refractivity contribution in [2.45, 2.75) is 58.4 Å². The molecule has 7 nitrogen and oxygen atoms in total. The number of carboxylic acids is 1. The number of ether oxygens (including phenoxy) is 1. The molecule has 0 spiro atoms. The van der Waals surface area contributed by atoms with E-state index >= 15 is 0 Å². The van der Waals surface area contributed by atoms with Crippen LogP contribution in [0.25, 0.3) is 22.1 Å². The number of furan rings is 1. The van der Waals surface area contributed by atoms with Crippen LogP contribution in [0.3, 0.4) is 0 Å². The summed E-state index contributed by atoms with van der Waals surface area (Å²) in [5.74, 6) is -0.429. The molecule has 0 fully saturated rings. The van der Waals surface area contributed by atoms with Gasteiger partial charge in [0, 0.05) is 40.1 Å². The Kier molecular flexibility index (Phi) is 8.40. The molecule has 0 saturated carbocycles. The molecule has 0 unspecified atom stereocenters. The topological polar surface area (TPSA) is 108 Å². The van der Waals surface area contributed by atoms with Gasteiger partial charge in [-0.25, -0.2) is 0 Å². The highest BCUT2D eigenvalue weighted by atomic mass is 32.2. The van der Waals surface area contributed by atoms with E-state index in [-0.39, 0.29) is 13.0 Å². The number of rotatable bonds is 10. The normalized spacial score (nSPS) is 12.6. The van der Waals surface area contributed by atoms with Crippen LogP contribution in [0.2, 0.25) is 0 Å². The number of carbonyl (C=O) groups is 1. The number of benzene rings is 2. The zero-order chi connectivity index (χ0) is 27.4. The maximum Gasteiger partial charge on any atom is 0.307 e. The predicted molar refractivity (Wildman–Crippen MR) is 146 cm³/mol. The first-order chi connectivity index (χ1) is 18.0. The third-order valence-electron chi connectivity index (χ3n) is 5.99. The van der Waals surface area contributed by atoms with Crippen molar-refractivity contribution in [1.29, 1.82) is 0 Å². The minimum absolute atomic E-state index is 0.148. The van der Waals surface area contributed by atoms with Gasteiger partial charge in [-0.05, 0) is 74.2 Å². The van der Waals surface area contributed by atoms with E-state index in [9.17, 15) is 18.8 Å². The van der Waals surface area contributed by atoms with Crippen LogP contribution in [0, 0.1) is 6.01 Å². The highest BCUT2D eigenvalue weighted by Crippen LogP contribution is 2.33. The van der Waals surface area contributed by atoms with Crippen molar-refractivity contribution in [3.63, 3.8) is 0 Å². The number of nitrogens with zero attached hydrogens (tertiary/aromatic N) is 1. The summed E-state index contributed by atoms with van der Waals surface area (Å²) in [7, 11) is 0. The van der Waals surface area contributed by atoms with Crippen LogP contribution in [-0.4, -0.2) is 25.4 Å². The molecule has 2 aromatic carbocycles. The average Bonchev–Trinajstić information content (AvgIpc) is 3.25. The summed E-state index contributed by atoms with van der Waals surface area (Å²) >= 11 is -1.25. The van der Waals surface area contributed by atoms with Crippen LogP contribution in [0.15, 0.2) is 59.1 Å². The predicted octanol–water partition coefficient (Wildman–Crippen LogP) is 5.95. The lowest BCUT2D eigenvalue weighted by molar-refractivity contribution is -0.136. The van der Waals surface area contributed by atoms with E-state index in [1.54, 1.807) is 24.4 Å². The van der Waals surface area contributed by atoms with Crippen LogP contribution in [0.1, 0.15) is 50.1 Å². The molecule has 9 heteroatoms. The van der Waals surface area contributed by atoms with Crippen LogP contribution >= 0.6 is 0 Å². The van der Waals surface area contributed by atoms with Crippen LogP contribution in [-0.2, 0) is 42.1 Å². The molecule has 2 heterocycles.